The molecule has 0 saturated heterocycles. The summed E-state index contributed by atoms with van der Waals surface area (Å²) in [5.74, 6) is 0.689. The molecule has 0 heterocycles. The molecule has 1 aromatic rings. The summed E-state index contributed by atoms with van der Waals surface area (Å²) in [6.45, 7) is 4.52. The van der Waals surface area contributed by atoms with Crippen LogP contribution in [0.5, 0.6) is 0 Å². The maximum atomic E-state index is 2.29. The molecule has 1 aromatic carbocycles. The van der Waals surface area contributed by atoms with Crippen LogP contribution in [0.2, 0.25) is 0 Å². The zero-order valence-electron chi connectivity index (χ0n) is 8.00. The predicted octanol–water partition coefficient (Wildman–Crippen LogP) is 3.92. The minimum Gasteiger partial charge on any atom is -0.129 e. The molecule has 12 heavy (non-hydrogen) atoms. The number of hydrogen-bond acceptors (Lipinski definition) is 1. The second kappa shape index (κ2) is 4.56. The van der Waals surface area contributed by atoms with Crippen molar-refractivity contribution in [3.05, 3.63) is 29.8 Å². The van der Waals surface area contributed by atoms with Crippen molar-refractivity contribution in [3.8, 4) is 0 Å². The number of rotatable bonds is 3. The Balaban J connectivity index is 2.96. The first-order chi connectivity index (χ1) is 5.79. The number of hydrogen-bond donors (Lipinski definition) is 0. The van der Waals surface area contributed by atoms with Gasteiger partial charge in [-0.25, -0.2) is 0 Å². The van der Waals surface area contributed by atoms with Crippen LogP contribution in [0.4, 0.5) is 0 Å². The van der Waals surface area contributed by atoms with Crippen LogP contribution in [-0.4, -0.2) is 6.26 Å². The molecule has 1 unspecified atom stereocenters. The van der Waals surface area contributed by atoms with Gasteiger partial charge in [-0.05, 0) is 30.2 Å². The quantitative estimate of drug-likeness (QED) is 0.635. The first kappa shape index (κ1) is 9.66. The van der Waals surface area contributed by atoms with Gasteiger partial charge in [0.25, 0.3) is 0 Å². The minimum atomic E-state index is 0.689. The van der Waals surface area contributed by atoms with Crippen LogP contribution >= 0.6 is 11.8 Å². The second-order valence-corrected chi connectivity index (χ2v) is 3.90. The highest BCUT2D eigenvalue weighted by Gasteiger charge is 2.06. The predicted molar refractivity (Wildman–Crippen MR) is 56.9 cm³/mol. The third-order valence-corrected chi connectivity index (χ3v) is 3.09. The number of thioether (sulfide) groups is 1. The SMILES string of the molecule is CCC(C)c1ccccc1SC. The van der Waals surface area contributed by atoms with Crippen LogP contribution in [-0.2, 0) is 0 Å². The summed E-state index contributed by atoms with van der Waals surface area (Å²) in [7, 11) is 0. The maximum absolute atomic E-state index is 2.29. The average Bonchev–Trinajstić information content (AvgIpc) is 2.16. The lowest BCUT2D eigenvalue weighted by Gasteiger charge is -2.12. The van der Waals surface area contributed by atoms with Crippen molar-refractivity contribution in [2.24, 2.45) is 0 Å². The Hall–Kier alpha value is -0.430. The maximum Gasteiger partial charge on any atom is 0.0104 e. The summed E-state index contributed by atoms with van der Waals surface area (Å²) in [4.78, 5) is 1.42. The minimum absolute atomic E-state index is 0.689. The van der Waals surface area contributed by atoms with Crippen molar-refractivity contribution in [1.29, 1.82) is 0 Å². The summed E-state index contributed by atoms with van der Waals surface area (Å²) >= 11 is 1.84. The van der Waals surface area contributed by atoms with E-state index in [4.69, 9.17) is 0 Å². The molecule has 1 rings (SSSR count). The van der Waals surface area contributed by atoms with Crippen LogP contribution in [0.15, 0.2) is 29.2 Å². The van der Waals surface area contributed by atoms with E-state index in [2.05, 4.69) is 44.4 Å². The molecule has 0 radical (unpaired) electrons. The van der Waals surface area contributed by atoms with E-state index in [9.17, 15) is 0 Å². The molecular formula is C11H16S. The summed E-state index contributed by atoms with van der Waals surface area (Å²) < 4.78 is 0. The van der Waals surface area contributed by atoms with Crippen LogP contribution in [0.1, 0.15) is 31.7 Å². The van der Waals surface area contributed by atoms with Gasteiger partial charge >= 0.3 is 0 Å². The van der Waals surface area contributed by atoms with Crippen molar-refractivity contribution in [3.63, 3.8) is 0 Å². The van der Waals surface area contributed by atoms with Crippen LogP contribution in [0, 0.1) is 0 Å². The van der Waals surface area contributed by atoms with Crippen LogP contribution in [0.3, 0.4) is 0 Å². The topological polar surface area (TPSA) is 0 Å². The Morgan fingerprint density at radius 2 is 2.00 bits per heavy atom. The van der Waals surface area contributed by atoms with Gasteiger partial charge in [-0.2, -0.15) is 0 Å². The Labute approximate surface area is 79.4 Å². The molecule has 0 saturated carbocycles. The lowest BCUT2D eigenvalue weighted by atomic mass is 9.99. The molecule has 0 bridgehead atoms. The molecule has 0 amide bonds. The highest BCUT2D eigenvalue weighted by Crippen LogP contribution is 2.28. The molecule has 0 aromatic heterocycles. The standard InChI is InChI=1S/C11H16S/c1-4-9(2)10-7-5-6-8-11(10)12-3/h5-9H,4H2,1-3H3. The van der Waals surface area contributed by atoms with E-state index >= 15 is 0 Å². The fraction of sp³-hybridized carbons (Fsp3) is 0.455. The lowest BCUT2D eigenvalue weighted by molar-refractivity contribution is 0.719. The number of benzene rings is 1. The van der Waals surface area contributed by atoms with E-state index in [1.54, 1.807) is 0 Å². The van der Waals surface area contributed by atoms with E-state index in [1.165, 1.54) is 16.9 Å². The zero-order chi connectivity index (χ0) is 8.97. The lowest BCUT2D eigenvalue weighted by Crippen LogP contribution is -1.92. The van der Waals surface area contributed by atoms with Gasteiger partial charge in [-0.1, -0.05) is 32.0 Å². The van der Waals surface area contributed by atoms with E-state index in [0.717, 1.165) is 0 Å². The van der Waals surface area contributed by atoms with Crippen molar-refractivity contribution in [2.75, 3.05) is 6.26 Å². The van der Waals surface area contributed by atoms with Crippen molar-refractivity contribution >= 4 is 11.8 Å². The molecule has 0 spiro atoms. The molecular weight excluding hydrogens is 164 g/mol. The van der Waals surface area contributed by atoms with Gasteiger partial charge in [0.1, 0.15) is 0 Å². The van der Waals surface area contributed by atoms with E-state index in [0.29, 0.717) is 5.92 Å². The average molecular weight is 180 g/mol. The molecule has 66 valence electrons. The third-order valence-electron chi connectivity index (χ3n) is 2.28. The first-order valence-electron chi connectivity index (χ1n) is 4.42. The third kappa shape index (κ3) is 2.04. The monoisotopic (exact) mass is 180 g/mol. The van der Waals surface area contributed by atoms with Gasteiger partial charge in [-0.3, -0.25) is 0 Å². The van der Waals surface area contributed by atoms with Gasteiger partial charge < -0.3 is 0 Å². The molecule has 0 fully saturated rings. The van der Waals surface area contributed by atoms with E-state index in [-0.39, 0.29) is 0 Å². The smallest absolute Gasteiger partial charge is 0.0104 e. The molecule has 0 nitrogen and oxygen atoms in total. The van der Waals surface area contributed by atoms with E-state index < -0.39 is 0 Å². The molecule has 0 N–H and O–H groups in total. The largest absolute Gasteiger partial charge is 0.129 e. The highest BCUT2D eigenvalue weighted by molar-refractivity contribution is 7.98. The normalized spacial score (nSPS) is 12.9. The van der Waals surface area contributed by atoms with Gasteiger partial charge in [0, 0.05) is 4.90 Å². The fourth-order valence-electron chi connectivity index (χ4n) is 1.29. The van der Waals surface area contributed by atoms with Crippen LogP contribution < -0.4 is 0 Å². The summed E-state index contributed by atoms with van der Waals surface area (Å²) in [5.41, 5.74) is 1.49. The van der Waals surface area contributed by atoms with Gasteiger partial charge in [0.05, 0.1) is 0 Å². The Kier molecular flexibility index (Phi) is 3.67. The summed E-state index contributed by atoms with van der Waals surface area (Å²) in [6.07, 6.45) is 3.36. The molecule has 0 aliphatic rings. The molecule has 1 heteroatoms. The zero-order valence-corrected chi connectivity index (χ0v) is 8.82. The van der Waals surface area contributed by atoms with Crippen molar-refractivity contribution in [1.82, 2.24) is 0 Å². The molecule has 0 aliphatic heterocycles. The van der Waals surface area contributed by atoms with Gasteiger partial charge in [0.15, 0.2) is 0 Å². The first-order valence-corrected chi connectivity index (χ1v) is 5.65. The van der Waals surface area contributed by atoms with Crippen LogP contribution in [0.25, 0.3) is 0 Å². The Bertz CT molecular complexity index is 243. The van der Waals surface area contributed by atoms with Crippen molar-refractivity contribution < 1.29 is 0 Å². The Morgan fingerprint density at radius 1 is 1.33 bits per heavy atom. The molecule has 0 aliphatic carbocycles. The second-order valence-electron chi connectivity index (χ2n) is 3.05. The highest BCUT2D eigenvalue weighted by atomic mass is 32.2. The fourth-order valence-corrected chi connectivity index (χ4v) is 2.01. The van der Waals surface area contributed by atoms with E-state index in [1.807, 2.05) is 11.8 Å². The summed E-state index contributed by atoms with van der Waals surface area (Å²) in [5, 5.41) is 0. The van der Waals surface area contributed by atoms with Crippen molar-refractivity contribution in [2.45, 2.75) is 31.1 Å². The Morgan fingerprint density at radius 3 is 2.58 bits per heavy atom. The summed E-state index contributed by atoms with van der Waals surface area (Å²) in [6, 6.07) is 8.67. The van der Waals surface area contributed by atoms with Gasteiger partial charge in [-0.15, -0.1) is 11.8 Å². The molecule has 1 atom stereocenters. The van der Waals surface area contributed by atoms with Gasteiger partial charge in [0.2, 0.25) is 0 Å².